The molecule has 1 aliphatic carbocycles. The maximum atomic E-state index is 6.09. The van der Waals surface area contributed by atoms with Gasteiger partial charge in [-0.1, -0.05) is 6.07 Å². The lowest BCUT2D eigenvalue weighted by atomic mass is 9.80. The zero-order valence-electron chi connectivity index (χ0n) is 11.5. The molecule has 2 fully saturated rings. The Balaban J connectivity index is 1.70. The summed E-state index contributed by atoms with van der Waals surface area (Å²) < 4.78 is 12.2. The largest absolute Gasteiger partial charge is 0.461 e. The van der Waals surface area contributed by atoms with E-state index >= 15 is 0 Å². The molecule has 0 bridgehead atoms. The van der Waals surface area contributed by atoms with E-state index < -0.39 is 0 Å². The molecule has 3 rings (SSSR count). The molecule has 1 aliphatic heterocycles. The summed E-state index contributed by atoms with van der Waals surface area (Å²) in [5, 5.41) is 0. The Morgan fingerprint density at radius 1 is 1.17 bits per heavy atom. The predicted octanol–water partition coefficient (Wildman–Crippen LogP) is 3.03. The van der Waals surface area contributed by atoms with Crippen LogP contribution in [-0.2, 0) is 9.31 Å². The predicted molar refractivity (Wildman–Crippen MR) is 71.4 cm³/mol. The van der Waals surface area contributed by atoms with E-state index in [1.165, 1.54) is 0 Å². The second kappa shape index (κ2) is 3.81. The molecule has 2 atom stereocenters. The maximum Gasteiger partial charge on any atom is 0.461 e. The standard InChI is InChI=1S/C14H20BNO2/c1-13(2)14(3,4)18-15(17-13)11-9-10(11)12-7-5-6-8-16-12/h5-8,10-11H,9H2,1-4H3/t10-,11-/m1/s1. The molecule has 0 N–H and O–H groups in total. The first-order valence-corrected chi connectivity index (χ1v) is 6.67. The SMILES string of the molecule is CC1(C)OB([C@@H]2C[C@H]2c2ccccn2)OC1(C)C. The Kier molecular flexibility index (Phi) is 2.58. The molecule has 0 spiro atoms. The highest BCUT2D eigenvalue weighted by atomic mass is 16.7. The van der Waals surface area contributed by atoms with E-state index in [0.717, 1.165) is 12.1 Å². The van der Waals surface area contributed by atoms with Crippen molar-refractivity contribution in [2.45, 2.75) is 57.1 Å². The minimum Gasteiger partial charge on any atom is -0.403 e. The fourth-order valence-electron chi connectivity index (χ4n) is 2.51. The highest BCUT2D eigenvalue weighted by molar-refractivity contribution is 6.49. The first-order chi connectivity index (χ1) is 8.41. The van der Waals surface area contributed by atoms with Crippen LogP contribution in [0.4, 0.5) is 0 Å². The van der Waals surface area contributed by atoms with Crippen LogP contribution in [0.1, 0.15) is 45.7 Å². The first kappa shape index (κ1) is 12.2. The van der Waals surface area contributed by atoms with Gasteiger partial charge >= 0.3 is 7.12 Å². The van der Waals surface area contributed by atoms with Gasteiger partial charge in [-0.2, -0.15) is 0 Å². The third kappa shape index (κ3) is 1.88. The zero-order chi connectivity index (χ0) is 13.0. The van der Waals surface area contributed by atoms with Crippen LogP contribution in [0, 0.1) is 0 Å². The molecule has 0 unspecified atom stereocenters. The molecule has 1 aromatic heterocycles. The third-order valence-electron chi connectivity index (χ3n) is 4.53. The van der Waals surface area contributed by atoms with Crippen LogP contribution in [0.25, 0.3) is 0 Å². The minimum absolute atomic E-state index is 0.0815. The number of aromatic nitrogens is 1. The van der Waals surface area contributed by atoms with Gasteiger partial charge < -0.3 is 9.31 Å². The van der Waals surface area contributed by atoms with Gasteiger partial charge in [-0.3, -0.25) is 4.98 Å². The Hall–Kier alpha value is -0.865. The number of rotatable bonds is 2. The van der Waals surface area contributed by atoms with Crippen molar-refractivity contribution in [3.8, 4) is 0 Å². The molecule has 1 saturated carbocycles. The molecule has 96 valence electrons. The Morgan fingerprint density at radius 3 is 2.39 bits per heavy atom. The summed E-state index contributed by atoms with van der Waals surface area (Å²) in [7, 11) is -0.0815. The molecule has 0 amide bonds. The van der Waals surface area contributed by atoms with E-state index in [9.17, 15) is 0 Å². The molecular weight excluding hydrogens is 225 g/mol. The van der Waals surface area contributed by atoms with Crippen molar-refractivity contribution in [3.05, 3.63) is 30.1 Å². The molecule has 2 heterocycles. The van der Waals surface area contributed by atoms with E-state index in [1.54, 1.807) is 0 Å². The fourth-order valence-corrected chi connectivity index (χ4v) is 2.51. The molecular formula is C14H20BNO2. The Bertz CT molecular complexity index is 430. The number of pyridine rings is 1. The summed E-state index contributed by atoms with van der Waals surface area (Å²) in [5.41, 5.74) is 0.710. The summed E-state index contributed by atoms with van der Waals surface area (Å²) in [6.45, 7) is 8.41. The van der Waals surface area contributed by atoms with Crippen LogP contribution in [0.5, 0.6) is 0 Å². The van der Waals surface area contributed by atoms with Gasteiger partial charge in [0.2, 0.25) is 0 Å². The van der Waals surface area contributed by atoms with E-state index in [2.05, 4.69) is 38.7 Å². The smallest absolute Gasteiger partial charge is 0.403 e. The number of nitrogens with zero attached hydrogens (tertiary/aromatic N) is 1. The first-order valence-electron chi connectivity index (χ1n) is 6.67. The molecule has 18 heavy (non-hydrogen) atoms. The van der Waals surface area contributed by atoms with Crippen LogP contribution in [0.3, 0.4) is 0 Å². The van der Waals surface area contributed by atoms with Gasteiger partial charge in [0, 0.05) is 23.6 Å². The van der Waals surface area contributed by atoms with Crippen molar-refractivity contribution >= 4 is 7.12 Å². The lowest BCUT2D eigenvalue weighted by Gasteiger charge is -2.32. The molecule has 0 aromatic carbocycles. The monoisotopic (exact) mass is 245 g/mol. The van der Waals surface area contributed by atoms with Gasteiger partial charge in [-0.15, -0.1) is 0 Å². The Morgan fingerprint density at radius 2 is 1.83 bits per heavy atom. The average molecular weight is 245 g/mol. The normalized spacial score (nSPS) is 32.6. The number of hydrogen-bond donors (Lipinski definition) is 0. The van der Waals surface area contributed by atoms with Crippen molar-refractivity contribution in [1.82, 2.24) is 4.98 Å². The van der Waals surface area contributed by atoms with Gasteiger partial charge in [0.15, 0.2) is 0 Å². The highest BCUT2D eigenvalue weighted by Crippen LogP contribution is 2.57. The van der Waals surface area contributed by atoms with E-state index in [0.29, 0.717) is 11.7 Å². The van der Waals surface area contributed by atoms with Crippen LogP contribution in [0.15, 0.2) is 24.4 Å². The summed E-state index contributed by atoms with van der Waals surface area (Å²) >= 11 is 0. The van der Waals surface area contributed by atoms with Gasteiger partial charge in [-0.05, 0) is 46.2 Å². The van der Waals surface area contributed by atoms with Gasteiger partial charge in [-0.25, -0.2) is 0 Å². The molecule has 4 heteroatoms. The van der Waals surface area contributed by atoms with Gasteiger partial charge in [0.25, 0.3) is 0 Å². The third-order valence-corrected chi connectivity index (χ3v) is 4.53. The van der Waals surface area contributed by atoms with Crippen molar-refractivity contribution < 1.29 is 9.31 Å². The lowest BCUT2D eigenvalue weighted by molar-refractivity contribution is 0.00578. The number of hydrogen-bond acceptors (Lipinski definition) is 3. The maximum absolute atomic E-state index is 6.09. The van der Waals surface area contributed by atoms with E-state index in [4.69, 9.17) is 9.31 Å². The van der Waals surface area contributed by atoms with Gasteiger partial charge in [0.05, 0.1) is 11.2 Å². The minimum atomic E-state index is -0.227. The second-order valence-electron chi connectivity index (χ2n) is 6.39. The zero-order valence-corrected chi connectivity index (χ0v) is 11.5. The molecule has 1 aromatic rings. The van der Waals surface area contributed by atoms with Crippen molar-refractivity contribution in [2.24, 2.45) is 0 Å². The Labute approximate surface area is 109 Å². The second-order valence-corrected chi connectivity index (χ2v) is 6.39. The average Bonchev–Trinajstić information content (AvgIpc) is 3.04. The van der Waals surface area contributed by atoms with Crippen molar-refractivity contribution in [1.29, 1.82) is 0 Å². The van der Waals surface area contributed by atoms with Crippen LogP contribution >= 0.6 is 0 Å². The van der Waals surface area contributed by atoms with Crippen molar-refractivity contribution in [2.75, 3.05) is 0 Å². The molecule has 1 saturated heterocycles. The van der Waals surface area contributed by atoms with E-state index in [1.807, 2.05) is 18.3 Å². The van der Waals surface area contributed by atoms with Crippen molar-refractivity contribution in [3.63, 3.8) is 0 Å². The van der Waals surface area contributed by atoms with Crippen LogP contribution < -0.4 is 0 Å². The molecule has 0 radical (unpaired) electrons. The van der Waals surface area contributed by atoms with E-state index in [-0.39, 0.29) is 18.3 Å². The quantitative estimate of drug-likeness (QED) is 0.750. The summed E-state index contributed by atoms with van der Waals surface area (Å²) in [5.74, 6) is 0.960. The topological polar surface area (TPSA) is 31.4 Å². The lowest BCUT2D eigenvalue weighted by Crippen LogP contribution is -2.41. The fraction of sp³-hybridized carbons (Fsp3) is 0.643. The molecule has 2 aliphatic rings. The van der Waals surface area contributed by atoms with Crippen LogP contribution in [-0.4, -0.2) is 23.3 Å². The summed E-state index contributed by atoms with van der Waals surface area (Å²) in [4.78, 5) is 4.42. The molecule has 3 nitrogen and oxygen atoms in total. The highest BCUT2D eigenvalue weighted by Gasteiger charge is 2.60. The van der Waals surface area contributed by atoms with Crippen LogP contribution in [0.2, 0.25) is 5.82 Å². The summed E-state index contributed by atoms with van der Waals surface area (Å²) in [6, 6.07) is 6.09. The van der Waals surface area contributed by atoms with Gasteiger partial charge in [0.1, 0.15) is 0 Å². The summed E-state index contributed by atoms with van der Waals surface area (Å²) in [6.07, 6.45) is 2.97.